The maximum Gasteiger partial charge on any atom is 0.148 e. The summed E-state index contributed by atoms with van der Waals surface area (Å²) in [5.41, 5.74) is 3.94. The molecular formula is C16H27N5. The Hall–Kier alpha value is -1.36. The molecule has 1 aliphatic carbocycles. The Labute approximate surface area is 127 Å². The van der Waals surface area contributed by atoms with E-state index < -0.39 is 0 Å². The number of rotatable bonds is 5. The molecule has 2 heterocycles. The highest BCUT2D eigenvalue weighted by molar-refractivity contribution is 5.59. The molecule has 2 fully saturated rings. The van der Waals surface area contributed by atoms with Crippen LogP contribution in [0.4, 0.5) is 11.6 Å². The molecule has 2 aliphatic rings. The number of nitrogens with two attached hydrogens (primary N) is 1. The lowest BCUT2D eigenvalue weighted by atomic mass is 9.95. The highest BCUT2D eigenvalue weighted by Crippen LogP contribution is 2.39. The van der Waals surface area contributed by atoms with Crippen molar-refractivity contribution in [3.05, 3.63) is 11.9 Å². The molecule has 21 heavy (non-hydrogen) atoms. The van der Waals surface area contributed by atoms with Crippen LogP contribution in [0.1, 0.15) is 57.4 Å². The van der Waals surface area contributed by atoms with Crippen molar-refractivity contribution in [1.29, 1.82) is 0 Å². The number of hydrazine groups is 1. The van der Waals surface area contributed by atoms with E-state index in [1.165, 1.54) is 44.1 Å². The molecular weight excluding hydrogens is 262 g/mol. The molecule has 0 bridgehead atoms. The molecule has 3 N–H and O–H groups in total. The topological polar surface area (TPSA) is 67.1 Å². The predicted molar refractivity (Wildman–Crippen MR) is 86.2 cm³/mol. The predicted octanol–water partition coefficient (Wildman–Crippen LogP) is 2.87. The van der Waals surface area contributed by atoms with Gasteiger partial charge in [0.15, 0.2) is 0 Å². The third-order valence-corrected chi connectivity index (χ3v) is 5.07. The molecule has 1 unspecified atom stereocenters. The van der Waals surface area contributed by atoms with E-state index in [1.807, 2.05) is 0 Å². The lowest BCUT2D eigenvalue weighted by molar-refractivity contribution is 0.428. The number of nitrogens with one attached hydrogen (secondary N) is 1. The van der Waals surface area contributed by atoms with E-state index >= 15 is 0 Å². The molecule has 1 aromatic heterocycles. The number of nitrogens with zero attached hydrogens (tertiary/aromatic N) is 3. The molecule has 0 aromatic carbocycles. The summed E-state index contributed by atoms with van der Waals surface area (Å²) in [5, 5.41) is 0. The summed E-state index contributed by atoms with van der Waals surface area (Å²) >= 11 is 0. The zero-order chi connectivity index (χ0) is 14.7. The quantitative estimate of drug-likeness (QED) is 0.644. The third-order valence-electron chi connectivity index (χ3n) is 5.07. The van der Waals surface area contributed by atoms with E-state index in [1.54, 1.807) is 6.33 Å². The van der Waals surface area contributed by atoms with E-state index in [4.69, 9.17) is 5.84 Å². The minimum Gasteiger partial charge on any atom is -0.353 e. The average Bonchev–Trinajstić information content (AvgIpc) is 3.18. The van der Waals surface area contributed by atoms with Crippen LogP contribution in [0.25, 0.3) is 0 Å². The lowest BCUT2D eigenvalue weighted by Gasteiger charge is -2.32. The molecule has 1 aliphatic heterocycles. The summed E-state index contributed by atoms with van der Waals surface area (Å²) < 4.78 is 0. The van der Waals surface area contributed by atoms with Gasteiger partial charge in [0.2, 0.25) is 0 Å². The average molecular weight is 289 g/mol. The third kappa shape index (κ3) is 2.84. The van der Waals surface area contributed by atoms with Crippen LogP contribution < -0.4 is 16.2 Å². The molecule has 1 aromatic rings. The number of nitrogen functional groups attached to an aromatic ring is 1. The van der Waals surface area contributed by atoms with E-state index in [0.29, 0.717) is 6.04 Å². The van der Waals surface area contributed by atoms with Gasteiger partial charge in [-0.3, -0.25) is 0 Å². The van der Waals surface area contributed by atoms with Crippen molar-refractivity contribution in [2.45, 2.75) is 64.3 Å². The van der Waals surface area contributed by atoms with Gasteiger partial charge < -0.3 is 10.3 Å². The second-order valence-electron chi connectivity index (χ2n) is 6.37. The summed E-state index contributed by atoms with van der Waals surface area (Å²) in [4.78, 5) is 11.5. The summed E-state index contributed by atoms with van der Waals surface area (Å²) in [6.45, 7) is 3.31. The zero-order valence-electron chi connectivity index (χ0n) is 13.0. The molecule has 5 heteroatoms. The lowest BCUT2D eigenvalue weighted by Crippen LogP contribution is -2.36. The van der Waals surface area contributed by atoms with Gasteiger partial charge in [0.25, 0.3) is 0 Å². The first-order chi connectivity index (χ1) is 10.3. The number of hydrogen-bond donors (Lipinski definition) is 2. The molecule has 1 saturated heterocycles. The normalized spacial score (nSPS) is 23.0. The van der Waals surface area contributed by atoms with Crippen LogP contribution in [0.2, 0.25) is 0 Å². The molecule has 1 saturated carbocycles. The van der Waals surface area contributed by atoms with Gasteiger partial charge in [0, 0.05) is 18.2 Å². The summed E-state index contributed by atoms with van der Waals surface area (Å²) in [6.07, 6.45) is 11.9. The van der Waals surface area contributed by atoms with Gasteiger partial charge in [-0.05, 0) is 38.0 Å². The fraction of sp³-hybridized carbons (Fsp3) is 0.750. The van der Waals surface area contributed by atoms with Gasteiger partial charge in [-0.1, -0.05) is 26.2 Å². The van der Waals surface area contributed by atoms with Gasteiger partial charge in [-0.2, -0.15) is 0 Å². The Morgan fingerprint density at radius 1 is 1.24 bits per heavy atom. The zero-order valence-corrected chi connectivity index (χ0v) is 13.0. The van der Waals surface area contributed by atoms with E-state index in [9.17, 15) is 0 Å². The van der Waals surface area contributed by atoms with Crippen molar-refractivity contribution in [2.24, 2.45) is 11.8 Å². The summed E-state index contributed by atoms with van der Waals surface area (Å²) in [5.74, 6) is 8.41. The first-order valence-corrected chi connectivity index (χ1v) is 8.42. The highest BCUT2D eigenvalue weighted by Gasteiger charge is 2.35. The smallest absolute Gasteiger partial charge is 0.148 e. The second kappa shape index (κ2) is 6.60. The largest absolute Gasteiger partial charge is 0.353 e. The molecule has 1 atom stereocenters. The second-order valence-corrected chi connectivity index (χ2v) is 6.37. The van der Waals surface area contributed by atoms with Gasteiger partial charge >= 0.3 is 0 Å². The molecule has 0 radical (unpaired) electrons. The van der Waals surface area contributed by atoms with Crippen molar-refractivity contribution in [1.82, 2.24) is 9.97 Å². The molecule has 0 amide bonds. The fourth-order valence-corrected chi connectivity index (χ4v) is 4.14. The van der Waals surface area contributed by atoms with E-state index in [0.717, 1.165) is 36.9 Å². The molecule has 0 spiro atoms. The summed E-state index contributed by atoms with van der Waals surface area (Å²) in [7, 11) is 0. The van der Waals surface area contributed by atoms with E-state index in [2.05, 4.69) is 27.2 Å². The van der Waals surface area contributed by atoms with Crippen LogP contribution in [-0.2, 0) is 6.42 Å². The van der Waals surface area contributed by atoms with Crippen molar-refractivity contribution >= 4 is 11.6 Å². The molecule has 3 rings (SSSR count). The van der Waals surface area contributed by atoms with Crippen molar-refractivity contribution in [2.75, 3.05) is 16.9 Å². The Morgan fingerprint density at radius 2 is 2.05 bits per heavy atom. The Kier molecular flexibility index (Phi) is 4.58. The molecule has 116 valence electrons. The van der Waals surface area contributed by atoms with E-state index in [-0.39, 0.29) is 0 Å². The summed E-state index contributed by atoms with van der Waals surface area (Å²) in [6, 6.07) is 0.670. The molecule has 5 nitrogen and oxygen atoms in total. The standard InChI is InChI=1S/C16H27N5/c1-2-6-13-15(20-17)18-11-19-16(13)21-10-5-9-14(21)12-7-3-4-8-12/h11-12,14H,2-10,17H2,1H3,(H,18,19,20). The van der Waals surface area contributed by atoms with Gasteiger partial charge in [-0.25, -0.2) is 15.8 Å². The van der Waals surface area contributed by atoms with Gasteiger partial charge in [0.1, 0.15) is 18.0 Å². The minimum atomic E-state index is 0.670. The Morgan fingerprint density at radius 3 is 2.76 bits per heavy atom. The Bertz CT molecular complexity index is 470. The van der Waals surface area contributed by atoms with Crippen LogP contribution in [0.3, 0.4) is 0 Å². The van der Waals surface area contributed by atoms with Gasteiger partial charge in [0.05, 0.1) is 0 Å². The van der Waals surface area contributed by atoms with Crippen LogP contribution >= 0.6 is 0 Å². The highest BCUT2D eigenvalue weighted by atomic mass is 15.3. The Balaban J connectivity index is 1.90. The van der Waals surface area contributed by atoms with Crippen LogP contribution in [0, 0.1) is 5.92 Å². The first-order valence-electron chi connectivity index (χ1n) is 8.42. The maximum absolute atomic E-state index is 5.65. The van der Waals surface area contributed by atoms with Gasteiger partial charge in [-0.15, -0.1) is 0 Å². The monoisotopic (exact) mass is 289 g/mol. The van der Waals surface area contributed by atoms with Crippen LogP contribution in [0.5, 0.6) is 0 Å². The SMILES string of the molecule is CCCc1c(NN)ncnc1N1CCCC1C1CCCC1. The van der Waals surface area contributed by atoms with Crippen molar-refractivity contribution < 1.29 is 0 Å². The maximum atomic E-state index is 5.65. The van der Waals surface area contributed by atoms with Crippen molar-refractivity contribution in [3.63, 3.8) is 0 Å². The first kappa shape index (κ1) is 14.6. The number of aromatic nitrogens is 2. The van der Waals surface area contributed by atoms with Crippen LogP contribution in [-0.4, -0.2) is 22.6 Å². The minimum absolute atomic E-state index is 0.670. The van der Waals surface area contributed by atoms with Crippen molar-refractivity contribution in [3.8, 4) is 0 Å². The number of anilines is 2. The van der Waals surface area contributed by atoms with Crippen LogP contribution in [0.15, 0.2) is 6.33 Å². The fourth-order valence-electron chi connectivity index (χ4n) is 4.14. The number of hydrogen-bond acceptors (Lipinski definition) is 5.